The van der Waals surface area contributed by atoms with Gasteiger partial charge in [0.25, 0.3) is 0 Å². The van der Waals surface area contributed by atoms with E-state index in [0.717, 1.165) is 16.9 Å². The first-order chi connectivity index (χ1) is 13.2. The zero-order valence-corrected chi connectivity index (χ0v) is 18.3. The van der Waals surface area contributed by atoms with Crippen molar-refractivity contribution < 1.29 is 14.2 Å². The highest BCUT2D eigenvalue weighted by molar-refractivity contribution is 14.0. The summed E-state index contributed by atoms with van der Waals surface area (Å²) in [7, 11) is 0. The molecule has 152 valence electrons. The molecule has 0 aliphatic heterocycles. The number of nitrogens with one attached hydrogen (secondary N) is 2. The van der Waals surface area contributed by atoms with E-state index in [4.69, 9.17) is 4.74 Å². The van der Waals surface area contributed by atoms with Gasteiger partial charge in [0, 0.05) is 24.2 Å². The maximum atomic E-state index is 13.5. The van der Waals surface area contributed by atoms with Gasteiger partial charge in [0.1, 0.15) is 18.2 Å². The molecule has 2 aromatic rings. The maximum absolute atomic E-state index is 13.5. The van der Waals surface area contributed by atoms with Crippen LogP contribution in [0.4, 0.5) is 4.39 Å². The third kappa shape index (κ3) is 7.47. The number of nitrogens with zero attached hydrogens (tertiary/aromatic N) is 1. The van der Waals surface area contributed by atoms with Gasteiger partial charge < -0.3 is 20.5 Å². The molecule has 0 aliphatic carbocycles. The number of aliphatic hydroxyl groups is 1. The Morgan fingerprint density at radius 3 is 2.71 bits per heavy atom. The molecule has 0 radical (unpaired) electrons. The second-order valence-corrected chi connectivity index (χ2v) is 5.84. The summed E-state index contributed by atoms with van der Waals surface area (Å²) in [5.74, 6) is 1.03. The van der Waals surface area contributed by atoms with Gasteiger partial charge in [-0.3, -0.25) is 0 Å². The van der Waals surface area contributed by atoms with E-state index in [2.05, 4.69) is 22.2 Å². The fourth-order valence-corrected chi connectivity index (χ4v) is 2.48. The zero-order valence-electron chi connectivity index (χ0n) is 16.0. The minimum Gasteiger partial charge on any atom is -0.489 e. The number of aliphatic hydroxyl groups excluding tert-OH is 1. The van der Waals surface area contributed by atoms with Crippen molar-refractivity contribution in [3.8, 4) is 5.75 Å². The fourth-order valence-electron chi connectivity index (χ4n) is 2.48. The SMILES string of the molecule is C=CCOc1ccccc1CNC(=NCc1ccc(F)c(CO)c1)NCC.I. The molecule has 3 N–H and O–H groups in total. The molecular formula is C21H27FIN3O2. The van der Waals surface area contributed by atoms with E-state index in [0.29, 0.717) is 32.2 Å². The average Bonchev–Trinajstić information content (AvgIpc) is 2.70. The number of rotatable bonds is 9. The molecule has 2 aromatic carbocycles. The second kappa shape index (κ2) is 13.1. The van der Waals surface area contributed by atoms with Crippen molar-refractivity contribution in [2.45, 2.75) is 26.6 Å². The Kier molecular flexibility index (Phi) is 11.2. The molecule has 7 heteroatoms. The van der Waals surface area contributed by atoms with E-state index in [1.807, 2.05) is 31.2 Å². The Labute approximate surface area is 182 Å². The van der Waals surface area contributed by atoms with Crippen LogP contribution in [0, 0.1) is 5.82 Å². The Hall–Kier alpha value is -2.13. The van der Waals surface area contributed by atoms with Gasteiger partial charge in [0.05, 0.1) is 13.2 Å². The quantitative estimate of drug-likeness (QED) is 0.213. The van der Waals surface area contributed by atoms with Crippen LogP contribution < -0.4 is 15.4 Å². The summed E-state index contributed by atoms with van der Waals surface area (Å²) in [6.07, 6.45) is 1.71. The maximum Gasteiger partial charge on any atom is 0.191 e. The molecule has 0 unspecified atom stereocenters. The molecule has 0 aliphatic rings. The lowest BCUT2D eigenvalue weighted by atomic mass is 10.1. The molecule has 0 bridgehead atoms. The highest BCUT2D eigenvalue weighted by Gasteiger charge is 2.05. The first-order valence-corrected chi connectivity index (χ1v) is 8.89. The number of guanidine groups is 1. The molecule has 0 atom stereocenters. The number of para-hydroxylation sites is 1. The second-order valence-electron chi connectivity index (χ2n) is 5.84. The van der Waals surface area contributed by atoms with Gasteiger partial charge in [-0.2, -0.15) is 0 Å². The summed E-state index contributed by atoms with van der Waals surface area (Å²) in [6.45, 7) is 7.40. The van der Waals surface area contributed by atoms with Crippen molar-refractivity contribution in [2.24, 2.45) is 4.99 Å². The molecule has 28 heavy (non-hydrogen) atoms. The van der Waals surface area contributed by atoms with Crippen molar-refractivity contribution in [3.63, 3.8) is 0 Å². The Morgan fingerprint density at radius 2 is 2.00 bits per heavy atom. The summed E-state index contributed by atoms with van der Waals surface area (Å²) in [5.41, 5.74) is 2.11. The highest BCUT2D eigenvalue weighted by Crippen LogP contribution is 2.17. The summed E-state index contributed by atoms with van der Waals surface area (Å²) < 4.78 is 19.2. The van der Waals surface area contributed by atoms with E-state index < -0.39 is 5.82 Å². The zero-order chi connectivity index (χ0) is 19.5. The van der Waals surface area contributed by atoms with Crippen LogP contribution in [0.5, 0.6) is 5.75 Å². The third-order valence-electron chi connectivity index (χ3n) is 3.82. The van der Waals surface area contributed by atoms with Crippen molar-refractivity contribution in [1.82, 2.24) is 10.6 Å². The third-order valence-corrected chi connectivity index (χ3v) is 3.82. The summed E-state index contributed by atoms with van der Waals surface area (Å²) in [6, 6.07) is 12.4. The van der Waals surface area contributed by atoms with Crippen LogP contribution in [-0.4, -0.2) is 24.2 Å². The van der Waals surface area contributed by atoms with Crippen LogP contribution in [0.2, 0.25) is 0 Å². The molecule has 0 amide bonds. The van der Waals surface area contributed by atoms with E-state index in [-0.39, 0.29) is 36.1 Å². The molecule has 0 aromatic heterocycles. The number of hydrogen-bond acceptors (Lipinski definition) is 3. The topological polar surface area (TPSA) is 65.9 Å². The van der Waals surface area contributed by atoms with Crippen molar-refractivity contribution >= 4 is 29.9 Å². The standard InChI is InChI=1S/C21H26FN3O2.HI/c1-3-11-27-20-8-6-5-7-17(20)14-25-21(23-4-2)24-13-16-9-10-19(22)18(12-16)15-26;/h3,5-10,12,26H,1,4,11,13-15H2,2H3,(H2,23,24,25);1H. The van der Waals surface area contributed by atoms with E-state index in [1.165, 1.54) is 6.07 Å². The largest absolute Gasteiger partial charge is 0.489 e. The monoisotopic (exact) mass is 499 g/mol. The summed E-state index contributed by atoms with van der Waals surface area (Å²) in [5, 5.41) is 15.6. The molecule has 5 nitrogen and oxygen atoms in total. The number of halogens is 2. The van der Waals surface area contributed by atoms with Gasteiger partial charge in [-0.05, 0) is 30.7 Å². The Morgan fingerprint density at radius 1 is 1.21 bits per heavy atom. The molecule has 0 heterocycles. The molecule has 0 saturated carbocycles. The van der Waals surface area contributed by atoms with E-state index >= 15 is 0 Å². The molecule has 0 fully saturated rings. The normalized spacial score (nSPS) is 10.8. The summed E-state index contributed by atoms with van der Waals surface area (Å²) in [4.78, 5) is 4.53. The minimum absolute atomic E-state index is 0. The minimum atomic E-state index is -0.411. The van der Waals surface area contributed by atoms with E-state index in [1.54, 1.807) is 18.2 Å². The number of hydrogen-bond donors (Lipinski definition) is 3. The average molecular weight is 499 g/mol. The Balaban J connectivity index is 0.00000392. The lowest BCUT2D eigenvalue weighted by Gasteiger charge is -2.14. The first kappa shape index (κ1) is 23.9. The van der Waals surface area contributed by atoms with Gasteiger partial charge in [-0.25, -0.2) is 9.38 Å². The lowest BCUT2D eigenvalue weighted by molar-refractivity contribution is 0.275. The summed E-state index contributed by atoms with van der Waals surface area (Å²) >= 11 is 0. The predicted molar refractivity (Wildman–Crippen MR) is 122 cm³/mol. The van der Waals surface area contributed by atoms with Crippen LogP contribution in [0.15, 0.2) is 60.1 Å². The lowest BCUT2D eigenvalue weighted by Crippen LogP contribution is -2.36. The van der Waals surface area contributed by atoms with E-state index in [9.17, 15) is 9.50 Å². The van der Waals surface area contributed by atoms with Crippen LogP contribution in [0.1, 0.15) is 23.6 Å². The van der Waals surface area contributed by atoms with Crippen LogP contribution >= 0.6 is 24.0 Å². The highest BCUT2D eigenvalue weighted by atomic mass is 127. The van der Waals surface area contributed by atoms with Crippen molar-refractivity contribution in [3.05, 3.63) is 77.6 Å². The van der Waals surface area contributed by atoms with Gasteiger partial charge in [-0.15, -0.1) is 24.0 Å². The van der Waals surface area contributed by atoms with Gasteiger partial charge in [0.15, 0.2) is 5.96 Å². The Bertz CT molecular complexity index is 784. The molecule has 0 spiro atoms. The molecule has 0 saturated heterocycles. The van der Waals surface area contributed by atoms with Crippen LogP contribution in [0.25, 0.3) is 0 Å². The van der Waals surface area contributed by atoms with Crippen molar-refractivity contribution in [2.75, 3.05) is 13.2 Å². The molecule has 2 rings (SSSR count). The van der Waals surface area contributed by atoms with Crippen molar-refractivity contribution in [1.29, 1.82) is 0 Å². The molecular weight excluding hydrogens is 472 g/mol. The number of aliphatic imine (C=N–C) groups is 1. The van der Waals surface area contributed by atoms with Gasteiger partial charge >= 0.3 is 0 Å². The van der Waals surface area contributed by atoms with Crippen LogP contribution in [-0.2, 0) is 19.7 Å². The number of benzene rings is 2. The fraction of sp³-hybridized carbons (Fsp3) is 0.286. The smallest absolute Gasteiger partial charge is 0.191 e. The van der Waals surface area contributed by atoms with Crippen LogP contribution in [0.3, 0.4) is 0 Å². The van der Waals surface area contributed by atoms with Gasteiger partial charge in [-0.1, -0.05) is 36.9 Å². The first-order valence-electron chi connectivity index (χ1n) is 8.89. The van der Waals surface area contributed by atoms with Gasteiger partial charge in [0.2, 0.25) is 0 Å². The number of ether oxygens (including phenoxy) is 1. The predicted octanol–water partition coefficient (Wildman–Crippen LogP) is 3.76.